The molecule has 0 saturated carbocycles. The van der Waals surface area contributed by atoms with Crippen LogP contribution in [0, 0.1) is 0 Å². The van der Waals surface area contributed by atoms with Gasteiger partial charge in [0.05, 0.1) is 24.2 Å². The van der Waals surface area contributed by atoms with Crippen molar-refractivity contribution in [2.45, 2.75) is 57.1 Å². The summed E-state index contributed by atoms with van der Waals surface area (Å²) >= 11 is 0. The number of rotatable bonds is 8. The number of carbonyl (C=O) groups is 1. The second-order valence-corrected chi connectivity index (χ2v) is 9.81. The van der Waals surface area contributed by atoms with Crippen molar-refractivity contribution in [2.75, 3.05) is 32.7 Å². The van der Waals surface area contributed by atoms with Crippen molar-refractivity contribution < 1.29 is 9.90 Å². The van der Waals surface area contributed by atoms with Crippen LogP contribution in [0.1, 0.15) is 56.2 Å². The molecular formula is C27H36N4O3. The van der Waals surface area contributed by atoms with Gasteiger partial charge in [0.25, 0.3) is 5.56 Å². The molecule has 2 aliphatic heterocycles. The molecule has 2 saturated heterocycles. The number of nitrogens with zero attached hydrogens (tertiary/aromatic N) is 4. The average molecular weight is 465 g/mol. The van der Waals surface area contributed by atoms with Crippen LogP contribution in [0.15, 0.2) is 53.6 Å². The largest absolute Gasteiger partial charge is 0.388 e. The summed E-state index contributed by atoms with van der Waals surface area (Å²) in [5, 5.41) is 11.1. The number of carbonyl (C=O) groups excluding carboxylic acids is 1. The summed E-state index contributed by atoms with van der Waals surface area (Å²) in [6.07, 6.45) is 9.32. The van der Waals surface area contributed by atoms with Gasteiger partial charge < -0.3 is 10.0 Å². The first-order chi connectivity index (χ1) is 16.4. The fraction of sp³-hybridized carbons (Fsp3) is 0.519. The Balaban J connectivity index is 1.28. The van der Waals surface area contributed by atoms with E-state index in [-0.39, 0.29) is 23.9 Å². The van der Waals surface area contributed by atoms with Crippen molar-refractivity contribution >= 4 is 12.0 Å². The fourth-order valence-electron chi connectivity index (χ4n) is 4.88. The Morgan fingerprint density at radius 3 is 2.53 bits per heavy atom. The number of hydrogen-bond donors (Lipinski definition) is 1. The average Bonchev–Trinajstić information content (AvgIpc) is 3.35. The highest BCUT2D eigenvalue weighted by Gasteiger charge is 2.34. The van der Waals surface area contributed by atoms with E-state index in [0.29, 0.717) is 38.0 Å². The van der Waals surface area contributed by atoms with Crippen molar-refractivity contribution in [1.82, 2.24) is 19.4 Å². The van der Waals surface area contributed by atoms with E-state index in [0.717, 1.165) is 25.2 Å². The Bertz CT molecular complexity index is 1040. The van der Waals surface area contributed by atoms with Crippen molar-refractivity contribution in [3.63, 3.8) is 0 Å². The van der Waals surface area contributed by atoms with Gasteiger partial charge in [-0.25, -0.2) is 4.98 Å². The minimum Gasteiger partial charge on any atom is -0.388 e. The maximum Gasteiger partial charge on any atom is 0.253 e. The number of benzene rings is 1. The summed E-state index contributed by atoms with van der Waals surface area (Å²) in [5.74, 6) is 0.268. The molecule has 4 rings (SSSR count). The lowest BCUT2D eigenvalue weighted by Gasteiger charge is -2.38. The van der Waals surface area contributed by atoms with E-state index in [2.05, 4.69) is 22.9 Å². The molecule has 182 valence electrons. The number of likely N-dealkylation sites (tertiary alicyclic amines) is 2. The molecule has 2 fully saturated rings. The SMILES string of the molecule is CC(CC(=O)N1CCC(O)(Cn2cnc(/C=C/CN3CCCC3)cc2=O)CC1)c1ccccc1. The smallest absolute Gasteiger partial charge is 0.253 e. The molecule has 1 aromatic heterocycles. The molecule has 0 bridgehead atoms. The van der Waals surface area contributed by atoms with Gasteiger partial charge >= 0.3 is 0 Å². The first-order valence-corrected chi connectivity index (χ1v) is 12.4. The Kier molecular flexibility index (Phi) is 7.95. The third-order valence-corrected chi connectivity index (χ3v) is 7.11. The summed E-state index contributed by atoms with van der Waals surface area (Å²) in [7, 11) is 0. The van der Waals surface area contributed by atoms with Crippen LogP contribution < -0.4 is 5.56 Å². The molecule has 0 aliphatic carbocycles. The number of aromatic nitrogens is 2. The molecule has 0 radical (unpaired) electrons. The van der Waals surface area contributed by atoms with Crippen LogP contribution in [0.2, 0.25) is 0 Å². The maximum absolute atomic E-state index is 12.8. The van der Waals surface area contributed by atoms with E-state index in [1.165, 1.54) is 29.8 Å². The zero-order valence-corrected chi connectivity index (χ0v) is 20.1. The molecule has 0 spiro atoms. The van der Waals surface area contributed by atoms with Crippen LogP contribution in [0.25, 0.3) is 6.08 Å². The number of amides is 1. The van der Waals surface area contributed by atoms with Crippen LogP contribution >= 0.6 is 0 Å². The van der Waals surface area contributed by atoms with Gasteiger partial charge in [-0.1, -0.05) is 43.3 Å². The Hall–Kier alpha value is -2.77. The molecular weight excluding hydrogens is 428 g/mol. The molecule has 1 N–H and O–H groups in total. The first-order valence-electron chi connectivity index (χ1n) is 12.4. The van der Waals surface area contributed by atoms with Gasteiger partial charge in [0.1, 0.15) is 0 Å². The van der Waals surface area contributed by atoms with Gasteiger partial charge in [0.15, 0.2) is 0 Å². The number of piperidine rings is 1. The van der Waals surface area contributed by atoms with Crippen molar-refractivity contribution in [2.24, 2.45) is 0 Å². The van der Waals surface area contributed by atoms with Gasteiger partial charge in [0, 0.05) is 32.1 Å². The lowest BCUT2D eigenvalue weighted by molar-refractivity contribution is -0.136. The van der Waals surface area contributed by atoms with Crippen LogP contribution in [-0.2, 0) is 11.3 Å². The lowest BCUT2D eigenvalue weighted by atomic mass is 9.90. The normalized spacial score (nSPS) is 19.5. The molecule has 2 aliphatic rings. The molecule has 1 amide bonds. The predicted octanol–water partition coefficient (Wildman–Crippen LogP) is 2.90. The molecule has 34 heavy (non-hydrogen) atoms. The number of hydrogen-bond acceptors (Lipinski definition) is 5. The van der Waals surface area contributed by atoms with Gasteiger partial charge in [-0.3, -0.25) is 19.1 Å². The van der Waals surface area contributed by atoms with Gasteiger partial charge in [-0.15, -0.1) is 0 Å². The van der Waals surface area contributed by atoms with E-state index in [4.69, 9.17) is 0 Å². The van der Waals surface area contributed by atoms with Crippen LogP contribution in [-0.4, -0.2) is 68.7 Å². The monoisotopic (exact) mass is 464 g/mol. The first kappa shape index (κ1) is 24.4. The van der Waals surface area contributed by atoms with E-state index in [9.17, 15) is 14.7 Å². The van der Waals surface area contributed by atoms with Gasteiger partial charge in [-0.05, 0) is 56.3 Å². The summed E-state index contributed by atoms with van der Waals surface area (Å²) in [5.41, 5.74) is 0.617. The third-order valence-electron chi connectivity index (χ3n) is 7.11. The Morgan fingerprint density at radius 2 is 1.85 bits per heavy atom. The minimum absolute atomic E-state index is 0.113. The molecule has 1 atom stereocenters. The summed E-state index contributed by atoms with van der Waals surface area (Å²) in [6.45, 7) is 6.40. The lowest BCUT2D eigenvalue weighted by Crippen LogP contribution is -2.49. The molecule has 2 aromatic rings. The molecule has 3 heterocycles. The van der Waals surface area contributed by atoms with Gasteiger partial charge in [0.2, 0.25) is 5.91 Å². The zero-order chi connectivity index (χ0) is 24.0. The fourth-order valence-corrected chi connectivity index (χ4v) is 4.88. The highest BCUT2D eigenvalue weighted by atomic mass is 16.3. The number of aliphatic hydroxyl groups is 1. The van der Waals surface area contributed by atoms with E-state index in [1.807, 2.05) is 41.3 Å². The second-order valence-electron chi connectivity index (χ2n) is 9.81. The summed E-state index contributed by atoms with van der Waals surface area (Å²) in [4.78, 5) is 34.0. The second kappa shape index (κ2) is 11.1. The summed E-state index contributed by atoms with van der Waals surface area (Å²) in [6, 6.07) is 11.6. The van der Waals surface area contributed by atoms with Crippen LogP contribution in [0.5, 0.6) is 0 Å². The third kappa shape index (κ3) is 6.42. The minimum atomic E-state index is -1.01. The maximum atomic E-state index is 12.8. The highest BCUT2D eigenvalue weighted by Crippen LogP contribution is 2.26. The van der Waals surface area contributed by atoms with E-state index < -0.39 is 5.60 Å². The molecule has 7 heteroatoms. The van der Waals surface area contributed by atoms with Crippen molar-refractivity contribution in [3.05, 3.63) is 70.4 Å². The molecule has 7 nitrogen and oxygen atoms in total. The predicted molar refractivity (Wildman–Crippen MR) is 133 cm³/mol. The Labute approximate surface area is 201 Å². The Morgan fingerprint density at radius 1 is 1.15 bits per heavy atom. The van der Waals surface area contributed by atoms with Gasteiger partial charge in [-0.2, -0.15) is 0 Å². The topological polar surface area (TPSA) is 78.7 Å². The van der Waals surface area contributed by atoms with Crippen LogP contribution in [0.3, 0.4) is 0 Å². The van der Waals surface area contributed by atoms with Crippen molar-refractivity contribution in [3.8, 4) is 0 Å². The van der Waals surface area contributed by atoms with E-state index >= 15 is 0 Å². The zero-order valence-electron chi connectivity index (χ0n) is 20.1. The van der Waals surface area contributed by atoms with E-state index in [1.54, 1.807) is 0 Å². The van der Waals surface area contributed by atoms with Crippen molar-refractivity contribution in [1.29, 1.82) is 0 Å². The highest BCUT2D eigenvalue weighted by molar-refractivity contribution is 5.77. The standard InChI is InChI=1S/C27H36N4O3/c1-22(23-8-3-2-4-9-23)18-25(32)30-16-11-27(34,12-17-30)20-31-21-28-24(19-26(31)33)10-7-15-29-13-5-6-14-29/h2-4,7-10,19,21-22,34H,5-6,11-18,20H2,1H3/b10-7+. The summed E-state index contributed by atoms with van der Waals surface area (Å²) < 4.78 is 1.48. The molecule has 1 aromatic carbocycles. The molecule has 1 unspecified atom stereocenters. The van der Waals surface area contributed by atoms with Crippen LogP contribution in [0.4, 0.5) is 0 Å². The quantitative estimate of drug-likeness (QED) is 0.650.